The van der Waals surface area contributed by atoms with Crippen molar-refractivity contribution < 1.29 is 8.78 Å². The number of thiophene rings is 1. The lowest BCUT2D eigenvalue weighted by Gasteiger charge is -2.19. The molecule has 0 aliphatic rings. The number of benzene rings is 1. The van der Waals surface area contributed by atoms with E-state index in [4.69, 9.17) is 0 Å². The predicted octanol–water partition coefficient (Wildman–Crippen LogP) is 4.94. The second-order valence-electron chi connectivity index (χ2n) is 4.96. The lowest BCUT2D eigenvalue weighted by molar-refractivity contribution is 0.469. The van der Waals surface area contributed by atoms with Crippen LogP contribution in [0.3, 0.4) is 0 Å². The van der Waals surface area contributed by atoms with Gasteiger partial charge in [-0.3, -0.25) is 0 Å². The van der Waals surface area contributed by atoms with Gasteiger partial charge in [0.1, 0.15) is 0 Å². The van der Waals surface area contributed by atoms with Crippen LogP contribution in [-0.2, 0) is 12.8 Å². The molecule has 5 heteroatoms. The molecule has 0 aliphatic heterocycles. The van der Waals surface area contributed by atoms with Crippen molar-refractivity contribution in [1.82, 2.24) is 5.32 Å². The number of rotatable bonds is 7. The van der Waals surface area contributed by atoms with Gasteiger partial charge in [-0.25, -0.2) is 8.78 Å². The summed E-state index contributed by atoms with van der Waals surface area (Å²) >= 11 is 5.20. The predicted molar refractivity (Wildman–Crippen MR) is 87.9 cm³/mol. The first kappa shape index (κ1) is 16.6. The van der Waals surface area contributed by atoms with Crippen LogP contribution in [0.15, 0.2) is 34.1 Å². The smallest absolute Gasteiger partial charge is 0.162 e. The molecule has 21 heavy (non-hydrogen) atoms. The fraction of sp³-hybridized carbons (Fsp3) is 0.375. The zero-order valence-corrected chi connectivity index (χ0v) is 14.2. The Hall–Kier alpha value is -0.780. The first-order chi connectivity index (χ1) is 10.1. The van der Waals surface area contributed by atoms with Gasteiger partial charge in [0, 0.05) is 15.4 Å². The summed E-state index contributed by atoms with van der Waals surface area (Å²) in [6.07, 6.45) is 2.29. The molecule has 1 N–H and O–H groups in total. The van der Waals surface area contributed by atoms with Gasteiger partial charge in [-0.05, 0) is 64.8 Å². The van der Waals surface area contributed by atoms with Crippen molar-refractivity contribution >= 4 is 27.3 Å². The molecule has 0 fully saturated rings. The van der Waals surface area contributed by atoms with E-state index in [9.17, 15) is 8.78 Å². The lowest BCUT2D eigenvalue weighted by Crippen LogP contribution is -2.34. The highest BCUT2D eigenvalue weighted by molar-refractivity contribution is 9.10. The minimum absolute atomic E-state index is 0.0937. The van der Waals surface area contributed by atoms with Crippen LogP contribution in [0, 0.1) is 11.6 Å². The van der Waals surface area contributed by atoms with Gasteiger partial charge in [0.25, 0.3) is 0 Å². The van der Waals surface area contributed by atoms with Crippen LogP contribution in [0.2, 0.25) is 0 Å². The minimum atomic E-state index is -0.779. The summed E-state index contributed by atoms with van der Waals surface area (Å²) in [6.45, 7) is 2.96. The van der Waals surface area contributed by atoms with E-state index >= 15 is 0 Å². The molecule has 0 amide bonds. The lowest BCUT2D eigenvalue weighted by atomic mass is 10.0. The van der Waals surface area contributed by atoms with E-state index in [0.29, 0.717) is 12.0 Å². The van der Waals surface area contributed by atoms with Gasteiger partial charge >= 0.3 is 0 Å². The summed E-state index contributed by atoms with van der Waals surface area (Å²) in [4.78, 5) is 1.22. The van der Waals surface area contributed by atoms with Crippen LogP contribution in [0.4, 0.5) is 8.78 Å². The van der Waals surface area contributed by atoms with E-state index < -0.39 is 11.6 Å². The maximum atomic E-state index is 13.8. The monoisotopic (exact) mass is 373 g/mol. The van der Waals surface area contributed by atoms with Gasteiger partial charge in [-0.2, -0.15) is 0 Å². The van der Waals surface area contributed by atoms with E-state index in [1.54, 1.807) is 23.5 Å². The Balaban J connectivity index is 2.12. The highest BCUT2D eigenvalue weighted by Crippen LogP contribution is 2.25. The van der Waals surface area contributed by atoms with Crippen molar-refractivity contribution in [3.8, 4) is 0 Å². The average Bonchev–Trinajstić information content (AvgIpc) is 2.86. The van der Waals surface area contributed by atoms with Crippen LogP contribution in [0.25, 0.3) is 0 Å². The topological polar surface area (TPSA) is 12.0 Å². The van der Waals surface area contributed by atoms with Crippen LogP contribution in [0.1, 0.15) is 23.8 Å². The molecule has 0 saturated carbocycles. The van der Waals surface area contributed by atoms with Gasteiger partial charge in [-0.15, -0.1) is 11.3 Å². The molecule has 114 valence electrons. The standard InChI is InChI=1S/C16H18BrF2NS/c1-2-7-20-12(10-15-13(17)6-8-21-15)9-11-4-3-5-14(18)16(11)19/h3-6,8,12,20H,2,7,9-10H2,1H3. The number of hydrogen-bond acceptors (Lipinski definition) is 2. The van der Waals surface area contributed by atoms with Gasteiger partial charge in [0.05, 0.1) is 0 Å². The quantitative estimate of drug-likeness (QED) is 0.724. The Kier molecular flexibility index (Phi) is 6.33. The molecule has 1 aromatic carbocycles. The van der Waals surface area contributed by atoms with Crippen molar-refractivity contribution in [3.63, 3.8) is 0 Å². The molecule has 2 aromatic rings. The third-order valence-corrected chi connectivity index (χ3v) is 5.25. The summed E-state index contributed by atoms with van der Waals surface area (Å²) in [6, 6.07) is 6.48. The van der Waals surface area contributed by atoms with Crippen molar-refractivity contribution in [2.24, 2.45) is 0 Å². The fourth-order valence-electron chi connectivity index (χ4n) is 2.23. The zero-order chi connectivity index (χ0) is 15.2. The number of halogens is 3. The van der Waals surface area contributed by atoms with Gasteiger partial charge in [0.15, 0.2) is 11.6 Å². The molecule has 0 saturated heterocycles. The maximum absolute atomic E-state index is 13.8. The third-order valence-electron chi connectivity index (χ3n) is 3.30. The molecule has 0 aliphatic carbocycles. The molecule has 2 rings (SSSR count). The first-order valence-electron chi connectivity index (χ1n) is 7.00. The van der Waals surface area contributed by atoms with Crippen LogP contribution >= 0.6 is 27.3 Å². The summed E-state index contributed by atoms with van der Waals surface area (Å²) in [5, 5.41) is 5.45. The average molecular weight is 374 g/mol. The van der Waals surface area contributed by atoms with E-state index in [1.807, 2.05) is 11.4 Å². The van der Waals surface area contributed by atoms with E-state index in [2.05, 4.69) is 28.2 Å². The van der Waals surface area contributed by atoms with Crippen molar-refractivity contribution in [1.29, 1.82) is 0 Å². The Morgan fingerprint density at radius 2 is 2.05 bits per heavy atom. The summed E-state index contributed by atoms with van der Waals surface area (Å²) in [5.74, 6) is -1.51. The van der Waals surface area contributed by atoms with Gasteiger partial charge < -0.3 is 5.32 Å². The molecule has 1 unspecified atom stereocenters. The Labute approximate surface area is 136 Å². The zero-order valence-electron chi connectivity index (χ0n) is 11.8. The van der Waals surface area contributed by atoms with E-state index in [-0.39, 0.29) is 6.04 Å². The van der Waals surface area contributed by atoms with Crippen LogP contribution < -0.4 is 5.32 Å². The molecule has 0 spiro atoms. The fourth-order valence-corrected chi connectivity index (χ4v) is 3.83. The number of nitrogens with one attached hydrogen (secondary N) is 1. The molecular formula is C16H18BrF2NS. The maximum Gasteiger partial charge on any atom is 0.162 e. The van der Waals surface area contributed by atoms with Crippen molar-refractivity contribution in [2.75, 3.05) is 6.54 Å². The second kappa shape index (κ2) is 8.01. The summed E-state index contributed by atoms with van der Waals surface area (Å²) in [7, 11) is 0. The summed E-state index contributed by atoms with van der Waals surface area (Å²) in [5.41, 5.74) is 0.427. The van der Waals surface area contributed by atoms with E-state index in [0.717, 1.165) is 29.9 Å². The number of hydrogen-bond donors (Lipinski definition) is 1. The summed E-state index contributed by atoms with van der Waals surface area (Å²) < 4.78 is 28.2. The van der Waals surface area contributed by atoms with Gasteiger partial charge in [0.2, 0.25) is 0 Å². The molecule has 0 radical (unpaired) electrons. The highest BCUT2D eigenvalue weighted by Gasteiger charge is 2.16. The Morgan fingerprint density at radius 3 is 2.71 bits per heavy atom. The Morgan fingerprint density at radius 1 is 1.24 bits per heavy atom. The largest absolute Gasteiger partial charge is 0.313 e. The first-order valence-corrected chi connectivity index (χ1v) is 8.67. The third kappa shape index (κ3) is 4.59. The van der Waals surface area contributed by atoms with Gasteiger partial charge in [-0.1, -0.05) is 19.1 Å². The molecule has 1 nitrogen and oxygen atoms in total. The molecular weight excluding hydrogens is 356 g/mol. The van der Waals surface area contributed by atoms with E-state index in [1.165, 1.54) is 4.88 Å². The second-order valence-corrected chi connectivity index (χ2v) is 6.82. The molecule has 0 bridgehead atoms. The molecule has 1 heterocycles. The Bertz CT molecular complexity index is 585. The molecule has 1 aromatic heterocycles. The van der Waals surface area contributed by atoms with Crippen molar-refractivity contribution in [3.05, 3.63) is 56.2 Å². The van der Waals surface area contributed by atoms with Crippen LogP contribution in [0.5, 0.6) is 0 Å². The minimum Gasteiger partial charge on any atom is -0.313 e. The highest BCUT2D eigenvalue weighted by atomic mass is 79.9. The SMILES string of the molecule is CCCNC(Cc1cccc(F)c1F)Cc1sccc1Br. The molecule has 1 atom stereocenters. The normalized spacial score (nSPS) is 12.6. The van der Waals surface area contributed by atoms with Crippen molar-refractivity contribution in [2.45, 2.75) is 32.2 Å². The van der Waals surface area contributed by atoms with Crippen LogP contribution in [-0.4, -0.2) is 12.6 Å².